The van der Waals surface area contributed by atoms with Crippen LogP contribution in [0.25, 0.3) is 0 Å². The number of ether oxygens (including phenoxy) is 2. The van der Waals surface area contributed by atoms with Crippen LogP contribution in [0.3, 0.4) is 0 Å². The number of methoxy groups -OCH3 is 2. The summed E-state index contributed by atoms with van der Waals surface area (Å²) in [5.41, 5.74) is 1.97. The second-order valence-corrected chi connectivity index (χ2v) is 8.42. The zero-order valence-corrected chi connectivity index (χ0v) is 18.2. The normalized spacial score (nSPS) is 16.2. The van der Waals surface area contributed by atoms with E-state index in [9.17, 15) is 14.4 Å². The van der Waals surface area contributed by atoms with E-state index in [1.807, 2.05) is 0 Å². The molecular weight excluding hydrogens is 406 g/mol. The first-order valence-corrected chi connectivity index (χ1v) is 10.3. The maximum absolute atomic E-state index is 13.2. The van der Waals surface area contributed by atoms with Crippen molar-refractivity contribution in [2.45, 2.75) is 13.0 Å². The van der Waals surface area contributed by atoms with Crippen molar-refractivity contribution in [3.63, 3.8) is 0 Å². The summed E-state index contributed by atoms with van der Waals surface area (Å²) in [6.45, 7) is 0.918. The van der Waals surface area contributed by atoms with Crippen molar-refractivity contribution in [1.29, 1.82) is 0 Å². The van der Waals surface area contributed by atoms with Crippen LogP contribution in [0.2, 0.25) is 0 Å². The molecule has 2 aliphatic heterocycles. The van der Waals surface area contributed by atoms with E-state index in [0.717, 1.165) is 10.4 Å². The molecule has 0 unspecified atom stereocenters. The van der Waals surface area contributed by atoms with Gasteiger partial charge in [-0.25, -0.2) is 0 Å². The molecule has 0 fully saturated rings. The molecule has 2 aliphatic rings. The summed E-state index contributed by atoms with van der Waals surface area (Å²) in [5.74, 6) is 0.628. The lowest BCUT2D eigenvalue weighted by atomic mass is 10.0. The molecule has 1 aromatic heterocycles. The highest BCUT2D eigenvalue weighted by Crippen LogP contribution is 2.41. The van der Waals surface area contributed by atoms with E-state index in [4.69, 9.17) is 9.47 Å². The van der Waals surface area contributed by atoms with Crippen LogP contribution < -0.4 is 14.4 Å². The largest absolute Gasteiger partial charge is 0.497 e. The van der Waals surface area contributed by atoms with Crippen LogP contribution in [0, 0.1) is 0 Å². The van der Waals surface area contributed by atoms with E-state index in [2.05, 4.69) is 0 Å². The Balaban J connectivity index is 1.68. The fourth-order valence-corrected chi connectivity index (χ4v) is 5.19. The minimum atomic E-state index is -0.159. The van der Waals surface area contributed by atoms with Crippen LogP contribution in [0.15, 0.2) is 18.2 Å². The van der Waals surface area contributed by atoms with Gasteiger partial charge in [-0.1, -0.05) is 0 Å². The summed E-state index contributed by atoms with van der Waals surface area (Å²) < 4.78 is 10.6. The average molecular weight is 429 g/mol. The zero-order chi connectivity index (χ0) is 21.6. The number of fused-ring (bicyclic) bond motifs is 3. The third-order valence-electron chi connectivity index (χ3n) is 5.57. The summed E-state index contributed by atoms with van der Waals surface area (Å²) in [5, 5.41) is 0.660. The number of carbonyl (C=O) groups is 3. The van der Waals surface area contributed by atoms with Crippen molar-refractivity contribution in [3.8, 4) is 11.5 Å². The minimum Gasteiger partial charge on any atom is -0.497 e. The van der Waals surface area contributed by atoms with Crippen LogP contribution in [0.4, 0.5) is 5.00 Å². The smallest absolute Gasteiger partial charge is 0.258 e. The maximum Gasteiger partial charge on any atom is 0.258 e. The van der Waals surface area contributed by atoms with Gasteiger partial charge in [-0.2, -0.15) is 0 Å². The molecule has 4 rings (SSSR count). The van der Waals surface area contributed by atoms with Gasteiger partial charge in [0, 0.05) is 25.5 Å². The van der Waals surface area contributed by atoms with Gasteiger partial charge in [0.1, 0.15) is 23.0 Å². The predicted molar refractivity (Wildman–Crippen MR) is 113 cm³/mol. The molecular formula is C21H23N3O5S. The van der Waals surface area contributed by atoms with E-state index < -0.39 is 0 Å². The SMILES string of the molecule is COc1ccc(OC)c(C(=O)N2CCc3c(sc4c3C(=O)N(C)CC(=O)N4C)C2)c1. The van der Waals surface area contributed by atoms with Gasteiger partial charge in [0.2, 0.25) is 5.91 Å². The van der Waals surface area contributed by atoms with Gasteiger partial charge in [0.15, 0.2) is 0 Å². The predicted octanol–water partition coefficient (Wildman–Crippen LogP) is 2.01. The third kappa shape index (κ3) is 3.19. The van der Waals surface area contributed by atoms with Gasteiger partial charge >= 0.3 is 0 Å². The zero-order valence-electron chi connectivity index (χ0n) is 17.4. The molecule has 158 valence electrons. The number of carbonyl (C=O) groups excluding carboxylic acids is 3. The first kappa shape index (κ1) is 20.2. The van der Waals surface area contributed by atoms with Gasteiger partial charge in [-0.05, 0) is 30.2 Å². The number of hydrogen-bond acceptors (Lipinski definition) is 6. The second kappa shape index (κ2) is 7.64. The molecule has 0 bridgehead atoms. The number of anilines is 1. The lowest BCUT2D eigenvalue weighted by molar-refractivity contribution is -0.118. The lowest BCUT2D eigenvalue weighted by Crippen LogP contribution is -2.37. The first-order chi connectivity index (χ1) is 14.3. The molecule has 2 aromatic rings. The molecule has 9 heteroatoms. The van der Waals surface area contributed by atoms with Gasteiger partial charge < -0.3 is 24.2 Å². The molecule has 0 atom stereocenters. The monoisotopic (exact) mass is 429 g/mol. The Bertz CT molecular complexity index is 1050. The van der Waals surface area contributed by atoms with Gasteiger partial charge in [-0.15, -0.1) is 11.3 Å². The fraction of sp³-hybridized carbons (Fsp3) is 0.381. The van der Waals surface area contributed by atoms with Crippen molar-refractivity contribution in [1.82, 2.24) is 9.80 Å². The highest BCUT2D eigenvalue weighted by atomic mass is 32.1. The second-order valence-electron chi connectivity index (χ2n) is 7.34. The number of benzene rings is 1. The Morgan fingerprint density at radius 1 is 1.10 bits per heavy atom. The van der Waals surface area contributed by atoms with Crippen LogP contribution in [0.1, 0.15) is 31.2 Å². The highest BCUT2D eigenvalue weighted by Gasteiger charge is 2.36. The van der Waals surface area contributed by atoms with E-state index in [-0.39, 0.29) is 24.3 Å². The quantitative estimate of drug-likeness (QED) is 0.746. The summed E-state index contributed by atoms with van der Waals surface area (Å²) in [4.78, 5) is 44.2. The molecule has 8 nitrogen and oxygen atoms in total. The Labute approximate surface area is 178 Å². The van der Waals surface area contributed by atoms with Crippen molar-refractivity contribution in [3.05, 3.63) is 39.8 Å². The molecule has 0 aliphatic carbocycles. The minimum absolute atomic E-state index is 0.0613. The number of hydrogen-bond donors (Lipinski definition) is 0. The Morgan fingerprint density at radius 3 is 2.57 bits per heavy atom. The van der Waals surface area contributed by atoms with Crippen LogP contribution in [-0.4, -0.2) is 68.9 Å². The molecule has 0 radical (unpaired) electrons. The topological polar surface area (TPSA) is 79.4 Å². The van der Waals surface area contributed by atoms with Gasteiger partial charge in [0.05, 0.1) is 31.9 Å². The number of thiophene rings is 1. The molecule has 1 aromatic carbocycles. The number of rotatable bonds is 3. The van der Waals surface area contributed by atoms with Crippen molar-refractivity contribution in [2.75, 3.05) is 46.3 Å². The van der Waals surface area contributed by atoms with E-state index in [0.29, 0.717) is 47.1 Å². The van der Waals surface area contributed by atoms with Crippen LogP contribution >= 0.6 is 11.3 Å². The third-order valence-corrected chi connectivity index (χ3v) is 6.87. The van der Waals surface area contributed by atoms with E-state index in [1.165, 1.54) is 23.3 Å². The molecule has 0 N–H and O–H groups in total. The van der Waals surface area contributed by atoms with Crippen molar-refractivity contribution < 1.29 is 23.9 Å². The number of nitrogens with zero attached hydrogens (tertiary/aromatic N) is 3. The fourth-order valence-electron chi connectivity index (χ4n) is 3.86. The molecule has 30 heavy (non-hydrogen) atoms. The molecule has 3 heterocycles. The molecule has 0 spiro atoms. The lowest BCUT2D eigenvalue weighted by Gasteiger charge is -2.28. The van der Waals surface area contributed by atoms with E-state index in [1.54, 1.807) is 49.2 Å². The van der Waals surface area contributed by atoms with Gasteiger partial charge in [0.25, 0.3) is 11.8 Å². The first-order valence-electron chi connectivity index (χ1n) is 9.53. The number of amides is 3. The molecule has 0 saturated heterocycles. The Hall–Kier alpha value is -3.07. The summed E-state index contributed by atoms with van der Waals surface area (Å²) in [7, 11) is 6.41. The number of likely N-dealkylation sites (N-methyl/N-ethyl adjacent to an activating group) is 2. The van der Waals surface area contributed by atoms with E-state index >= 15 is 0 Å². The maximum atomic E-state index is 13.2. The summed E-state index contributed by atoms with van der Waals surface area (Å²) in [6, 6.07) is 5.13. The van der Waals surface area contributed by atoms with Crippen molar-refractivity contribution >= 4 is 34.1 Å². The average Bonchev–Trinajstić information content (AvgIpc) is 3.12. The van der Waals surface area contributed by atoms with Crippen LogP contribution in [-0.2, 0) is 17.8 Å². The molecule has 0 saturated carbocycles. The van der Waals surface area contributed by atoms with Crippen LogP contribution in [0.5, 0.6) is 11.5 Å². The molecule has 3 amide bonds. The summed E-state index contributed by atoms with van der Waals surface area (Å²) in [6.07, 6.45) is 0.556. The standard InChI is InChI=1S/C21H23N3O5S/c1-22-11-17(25)23(2)21-18(20(22)27)13-7-8-24(10-16(13)30-21)19(26)14-9-12(28-3)5-6-15(14)29-4/h5-6,9H,7-8,10-11H2,1-4H3. The van der Waals surface area contributed by atoms with Gasteiger partial charge in [-0.3, -0.25) is 14.4 Å². The highest BCUT2D eigenvalue weighted by molar-refractivity contribution is 7.17. The van der Waals surface area contributed by atoms with Crippen molar-refractivity contribution in [2.24, 2.45) is 0 Å². The summed E-state index contributed by atoms with van der Waals surface area (Å²) >= 11 is 1.41. The Morgan fingerprint density at radius 2 is 1.87 bits per heavy atom. The Kier molecular flexibility index (Phi) is 5.15.